The van der Waals surface area contributed by atoms with E-state index in [-0.39, 0.29) is 35.4 Å². The lowest BCUT2D eigenvalue weighted by molar-refractivity contribution is -0.163. The molecule has 0 spiro atoms. The van der Waals surface area contributed by atoms with Crippen molar-refractivity contribution in [1.82, 2.24) is 5.32 Å². The molecule has 214 valence electrons. The molecule has 4 aliphatic rings. The molecule has 7 unspecified atom stereocenters. The van der Waals surface area contributed by atoms with E-state index in [0.29, 0.717) is 41.2 Å². The van der Waals surface area contributed by atoms with E-state index < -0.39 is 0 Å². The fraction of sp³-hybridized carbons (Fsp3) is 0.677. The van der Waals surface area contributed by atoms with Crippen LogP contribution >= 0.6 is 23.2 Å². The maximum absolute atomic E-state index is 12.9. The summed E-state index contributed by atoms with van der Waals surface area (Å²) in [7, 11) is 0. The van der Waals surface area contributed by atoms with E-state index in [1.807, 2.05) is 24.3 Å². The number of halogens is 2. The Balaban J connectivity index is 1.18. The van der Waals surface area contributed by atoms with E-state index in [2.05, 4.69) is 30.1 Å². The van der Waals surface area contributed by atoms with Gasteiger partial charge in [-0.2, -0.15) is 0 Å². The second-order valence-electron chi connectivity index (χ2n) is 12.3. The first kappa shape index (κ1) is 28.6. The number of esters is 1. The van der Waals surface area contributed by atoms with Gasteiger partial charge in [0.2, 0.25) is 5.91 Å². The number of nitrogens with zero attached hydrogens (tertiary/aromatic N) is 1. The van der Waals surface area contributed by atoms with E-state index in [0.717, 1.165) is 57.4 Å². The van der Waals surface area contributed by atoms with Crippen molar-refractivity contribution in [2.45, 2.75) is 58.5 Å². The summed E-state index contributed by atoms with van der Waals surface area (Å²) in [6, 6.07) is 7.67. The molecule has 39 heavy (non-hydrogen) atoms. The lowest BCUT2D eigenvalue weighted by Crippen LogP contribution is -2.53. The number of carbonyl (C=O) groups excluding carboxylic acids is 2. The molecular weight excluding hydrogens is 535 g/mol. The quantitative estimate of drug-likeness (QED) is 0.297. The molecule has 0 radical (unpaired) electrons. The standard InChI is InChI=1S/C31H42Cl2N2O4/c1-30-14-12-28(36)34-19-21(30)3-8-24-25-9-10-27(31(25,2)13-11-26(24)30)39-29(37)20-38-23-6-4-22(5-7-23)35(17-15-32)18-16-33/h4-7,12,14,21,24-27H,3,8-11,13,15-20H2,1-2H3,(H,34,36). The number of carbonyl (C=O) groups is 2. The van der Waals surface area contributed by atoms with Crippen molar-refractivity contribution in [3.63, 3.8) is 0 Å². The first-order valence-corrected chi connectivity index (χ1v) is 15.6. The van der Waals surface area contributed by atoms with Gasteiger partial charge in [0.05, 0.1) is 0 Å². The molecule has 1 heterocycles. The number of amides is 1. The Morgan fingerprint density at radius 1 is 1.03 bits per heavy atom. The Hall–Kier alpha value is -1.92. The topological polar surface area (TPSA) is 67.9 Å². The van der Waals surface area contributed by atoms with E-state index in [9.17, 15) is 9.59 Å². The van der Waals surface area contributed by atoms with Gasteiger partial charge >= 0.3 is 5.97 Å². The average molecular weight is 578 g/mol. The van der Waals surface area contributed by atoms with Crippen LogP contribution in [-0.4, -0.2) is 56.0 Å². The smallest absolute Gasteiger partial charge is 0.344 e. The zero-order valence-electron chi connectivity index (χ0n) is 23.2. The average Bonchev–Trinajstić information content (AvgIpc) is 3.17. The van der Waals surface area contributed by atoms with Crippen molar-refractivity contribution in [2.75, 3.05) is 42.9 Å². The van der Waals surface area contributed by atoms with Crippen LogP contribution in [0.5, 0.6) is 5.75 Å². The third-order valence-electron chi connectivity index (χ3n) is 10.5. The van der Waals surface area contributed by atoms with Gasteiger partial charge in [0.25, 0.3) is 0 Å². The van der Waals surface area contributed by atoms with Gasteiger partial charge in [0, 0.05) is 42.5 Å². The lowest BCUT2D eigenvalue weighted by atomic mass is 9.47. The zero-order chi connectivity index (χ0) is 27.6. The lowest BCUT2D eigenvalue weighted by Gasteiger charge is -2.57. The minimum absolute atomic E-state index is 0.00150. The van der Waals surface area contributed by atoms with Crippen LogP contribution in [0.2, 0.25) is 0 Å². The molecule has 1 aromatic rings. The van der Waals surface area contributed by atoms with Gasteiger partial charge < -0.3 is 19.7 Å². The molecule has 8 heteroatoms. The monoisotopic (exact) mass is 576 g/mol. The summed E-state index contributed by atoms with van der Waals surface area (Å²) in [6.07, 6.45) is 10.4. The minimum atomic E-state index is -0.300. The van der Waals surface area contributed by atoms with Crippen molar-refractivity contribution in [1.29, 1.82) is 0 Å². The van der Waals surface area contributed by atoms with Gasteiger partial charge in [-0.25, -0.2) is 4.79 Å². The summed E-state index contributed by atoms with van der Waals surface area (Å²) < 4.78 is 11.9. The Kier molecular flexibility index (Phi) is 8.73. The first-order chi connectivity index (χ1) is 18.8. The molecule has 6 nitrogen and oxygen atoms in total. The summed E-state index contributed by atoms with van der Waals surface area (Å²) in [5, 5.41) is 3.08. The van der Waals surface area contributed by atoms with E-state index in [1.165, 1.54) is 6.42 Å². The molecule has 0 aromatic heterocycles. The highest BCUT2D eigenvalue weighted by atomic mass is 35.5. The number of benzene rings is 1. The summed E-state index contributed by atoms with van der Waals surface area (Å²) in [5.41, 5.74) is 1.07. The van der Waals surface area contributed by atoms with Crippen LogP contribution in [0, 0.1) is 34.5 Å². The summed E-state index contributed by atoms with van der Waals surface area (Å²) in [5.74, 6) is 3.65. The number of anilines is 1. The molecule has 0 saturated heterocycles. The van der Waals surface area contributed by atoms with Gasteiger partial charge in [-0.05, 0) is 98.0 Å². The number of hydrogen-bond donors (Lipinski definition) is 1. The van der Waals surface area contributed by atoms with Crippen LogP contribution in [0.4, 0.5) is 5.69 Å². The van der Waals surface area contributed by atoms with Crippen molar-refractivity contribution in [3.05, 3.63) is 36.4 Å². The number of allylic oxidation sites excluding steroid dienone is 1. The minimum Gasteiger partial charge on any atom is -0.482 e. The van der Waals surface area contributed by atoms with Gasteiger partial charge in [0.15, 0.2) is 6.61 Å². The van der Waals surface area contributed by atoms with Gasteiger partial charge in [-0.1, -0.05) is 19.9 Å². The molecule has 7 atom stereocenters. The molecule has 0 bridgehead atoms. The maximum atomic E-state index is 12.9. The molecule has 1 aromatic carbocycles. The number of ether oxygens (including phenoxy) is 2. The Bertz CT molecular complexity index is 1060. The molecule has 5 rings (SSSR count). The highest BCUT2D eigenvalue weighted by Crippen LogP contribution is 2.64. The van der Waals surface area contributed by atoms with Crippen LogP contribution < -0.4 is 15.0 Å². The highest BCUT2D eigenvalue weighted by Gasteiger charge is 2.60. The molecular formula is C31H42Cl2N2O4. The number of rotatable bonds is 9. The van der Waals surface area contributed by atoms with Gasteiger partial charge in [0.1, 0.15) is 11.9 Å². The van der Waals surface area contributed by atoms with E-state index in [1.54, 1.807) is 6.08 Å². The van der Waals surface area contributed by atoms with Crippen LogP contribution in [-0.2, 0) is 14.3 Å². The molecule has 3 fully saturated rings. The number of nitrogens with one attached hydrogen (secondary N) is 1. The van der Waals surface area contributed by atoms with Crippen molar-refractivity contribution >= 4 is 40.8 Å². The van der Waals surface area contributed by atoms with E-state index in [4.69, 9.17) is 32.7 Å². The number of fused-ring (bicyclic) bond motifs is 5. The third-order valence-corrected chi connectivity index (χ3v) is 10.9. The van der Waals surface area contributed by atoms with E-state index >= 15 is 0 Å². The third kappa shape index (κ3) is 5.66. The van der Waals surface area contributed by atoms with Gasteiger partial charge in [-0.15, -0.1) is 23.2 Å². The highest BCUT2D eigenvalue weighted by molar-refractivity contribution is 6.18. The maximum Gasteiger partial charge on any atom is 0.344 e. The summed E-state index contributed by atoms with van der Waals surface area (Å²) in [6.45, 7) is 6.83. The second-order valence-corrected chi connectivity index (χ2v) is 13.1. The van der Waals surface area contributed by atoms with Crippen molar-refractivity contribution < 1.29 is 19.1 Å². The summed E-state index contributed by atoms with van der Waals surface area (Å²) >= 11 is 11.8. The van der Waals surface area contributed by atoms with Crippen LogP contribution in [0.1, 0.15) is 52.4 Å². The SMILES string of the molecule is CC12C=CC(=O)NCC1CCC1C2CCC2(C)C(OC(=O)COc3ccc(N(CCCl)CCCl)cc3)CCC12. The molecule has 1 N–H and O–H groups in total. The molecule has 3 saturated carbocycles. The Morgan fingerprint density at radius 3 is 2.49 bits per heavy atom. The molecule has 1 amide bonds. The van der Waals surface area contributed by atoms with Crippen LogP contribution in [0.25, 0.3) is 0 Å². The van der Waals surface area contributed by atoms with Crippen LogP contribution in [0.3, 0.4) is 0 Å². The predicted molar refractivity (Wildman–Crippen MR) is 155 cm³/mol. The first-order valence-electron chi connectivity index (χ1n) is 14.5. The zero-order valence-corrected chi connectivity index (χ0v) is 24.7. The Labute approximate surface area is 242 Å². The molecule has 1 aliphatic heterocycles. The predicted octanol–water partition coefficient (Wildman–Crippen LogP) is 5.81. The number of alkyl halides is 2. The largest absolute Gasteiger partial charge is 0.482 e. The van der Waals surface area contributed by atoms with Crippen molar-refractivity contribution in [2.24, 2.45) is 34.5 Å². The van der Waals surface area contributed by atoms with Crippen molar-refractivity contribution in [3.8, 4) is 5.75 Å². The summed E-state index contributed by atoms with van der Waals surface area (Å²) in [4.78, 5) is 27.1. The normalized spacial score (nSPS) is 35.2. The number of hydrogen-bond acceptors (Lipinski definition) is 5. The molecule has 3 aliphatic carbocycles. The second kappa shape index (κ2) is 11.9. The van der Waals surface area contributed by atoms with Crippen LogP contribution in [0.15, 0.2) is 36.4 Å². The fourth-order valence-corrected chi connectivity index (χ4v) is 8.81. The fourth-order valence-electron chi connectivity index (χ4n) is 8.40. The van der Waals surface area contributed by atoms with Gasteiger partial charge in [-0.3, -0.25) is 4.79 Å². The Morgan fingerprint density at radius 2 is 1.77 bits per heavy atom.